The van der Waals surface area contributed by atoms with Gasteiger partial charge < -0.3 is 10.4 Å². The highest BCUT2D eigenvalue weighted by atomic mass is 32.2. The molecule has 2 aliphatic rings. The molecule has 0 spiro atoms. The highest BCUT2D eigenvalue weighted by Crippen LogP contribution is 2.48. The molecule has 0 radical (unpaired) electrons. The quantitative estimate of drug-likeness (QED) is 0.360. The fourth-order valence-corrected chi connectivity index (χ4v) is 7.58. The molecule has 10 nitrogen and oxygen atoms in total. The smallest absolute Gasteiger partial charge is 0.390 e. The minimum absolute atomic E-state index is 0.0389. The summed E-state index contributed by atoms with van der Waals surface area (Å²) >= 11 is 0. The average Bonchev–Trinajstić information content (AvgIpc) is 3.41. The Hall–Kier alpha value is -2.49. The van der Waals surface area contributed by atoms with Gasteiger partial charge in [0.15, 0.2) is 0 Å². The number of piperidine rings is 1. The zero-order chi connectivity index (χ0) is 26.3. The Labute approximate surface area is 209 Å². The number of hydrogen-bond donors (Lipinski definition) is 3. The number of rotatable bonds is 7. The van der Waals surface area contributed by atoms with Crippen LogP contribution in [0.4, 0.5) is 19.1 Å². The number of halogens is 3. The highest BCUT2D eigenvalue weighted by molar-refractivity contribution is 8.32. The van der Waals surface area contributed by atoms with Crippen LogP contribution in [0.25, 0.3) is 0 Å². The van der Waals surface area contributed by atoms with Crippen molar-refractivity contribution in [1.29, 1.82) is 0 Å². The number of hydrogen-bond acceptors (Lipinski definition) is 8. The monoisotopic (exact) mass is 547 g/mol. The van der Waals surface area contributed by atoms with E-state index < -0.39 is 38.3 Å². The maximum absolute atomic E-state index is 13.8. The molecule has 2 N–H and O–H groups in total. The van der Waals surface area contributed by atoms with Crippen molar-refractivity contribution in [2.24, 2.45) is 12.0 Å². The Morgan fingerprint density at radius 1 is 1.22 bits per heavy atom. The third-order valence-corrected chi connectivity index (χ3v) is 9.63. The van der Waals surface area contributed by atoms with Crippen LogP contribution in [0.1, 0.15) is 38.7 Å². The molecule has 4 heterocycles. The highest BCUT2D eigenvalue weighted by Gasteiger charge is 2.38. The Balaban J connectivity index is 1.50. The maximum atomic E-state index is 13.8. The van der Waals surface area contributed by atoms with Gasteiger partial charge in [0.2, 0.25) is 16.0 Å². The second kappa shape index (κ2) is 9.76. The lowest BCUT2D eigenvalue weighted by Gasteiger charge is -2.31. The summed E-state index contributed by atoms with van der Waals surface area (Å²) in [7, 11) is -3.67. The first kappa shape index (κ1) is 26.6. The van der Waals surface area contributed by atoms with Crippen LogP contribution in [0.15, 0.2) is 45.1 Å². The van der Waals surface area contributed by atoms with E-state index in [0.717, 1.165) is 6.20 Å². The van der Waals surface area contributed by atoms with Crippen molar-refractivity contribution in [2.75, 3.05) is 18.4 Å². The molecule has 0 bridgehead atoms. The number of anilines is 1. The van der Waals surface area contributed by atoms with Crippen molar-refractivity contribution in [3.05, 3.63) is 35.8 Å². The molecule has 0 saturated carbocycles. The number of aliphatic imine (C=N–C) groups is 1. The third-order valence-electron chi connectivity index (χ3n) is 5.72. The summed E-state index contributed by atoms with van der Waals surface area (Å²) in [4.78, 5) is 12.5. The molecule has 1 unspecified atom stereocenters. The van der Waals surface area contributed by atoms with Gasteiger partial charge >= 0.3 is 6.18 Å². The summed E-state index contributed by atoms with van der Waals surface area (Å²) in [6, 6.07) is -0.216. The van der Waals surface area contributed by atoms with E-state index in [2.05, 4.69) is 25.4 Å². The summed E-state index contributed by atoms with van der Waals surface area (Å²) in [5.74, 6) is 0.0389. The molecule has 2 aromatic heterocycles. The first-order valence-corrected chi connectivity index (χ1v) is 14.0. The number of nitrogens with zero attached hydrogens (tertiary/aromatic N) is 6. The lowest BCUT2D eigenvalue weighted by atomic mass is 10.1. The first-order chi connectivity index (χ1) is 16.7. The molecule has 1 saturated heterocycles. The zero-order valence-corrected chi connectivity index (χ0v) is 21.6. The summed E-state index contributed by atoms with van der Waals surface area (Å²) in [5, 5.41) is 19.0. The van der Waals surface area contributed by atoms with E-state index in [9.17, 15) is 26.7 Å². The lowest BCUT2D eigenvalue weighted by Crippen LogP contribution is -2.42. The second-order valence-electron chi connectivity index (χ2n) is 9.30. The molecule has 0 aliphatic carbocycles. The van der Waals surface area contributed by atoms with Crippen LogP contribution < -0.4 is 5.32 Å². The van der Waals surface area contributed by atoms with Crippen molar-refractivity contribution in [3.63, 3.8) is 0 Å². The first-order valence-electron chi connectivity index (χ1n) is 11.2. The Kier molecular flexibility index (Phi) is 7.20. The van der Waals surface area contributed by atoms with Crippen molar-refractivity contribution < 1.29 is 26.7 Å². The van der Waals surface area contributed by atoms with Gasteiger partial charge in [-0.25, -0.2) is 18.4 Å². The van der Waals surface area contributed by atoms with E-state index in [1.165, 1.54) is 27.6 Å². The van der Waals surface area contributed by atoms with Crippen LogP contribution in [-0.2, 0) is 23.2 Å². The third kappa shape index (κ3) is 5.90. The Bertz CT molecular complexity index is 1280. The molecule has 2 aliphatic heterocycles. The van der Waals surface area contributed by atoms with E-state index >= 15 is 0 Å². The number of aromatic nitrogens is 4. The van der Waals surface area contributed by atoms with Crippen LogP contribution >= 0.6 is 10.9 Å². The number of thiol groups is 1. The van der Waals surface area contributed by atoms with E-state index in [1.54, 1.807) is 26.3 Å². The molecule has 2 aromatic rings. The average molecular weight is 548 g/mol. The second-order valence-corrected chi connectivity index (χ2v) is 13.2. The van der Waals surface area contributed by atoms with Crippen LogP contribution in [0.2, 0.25) is 0 Å². The maximum Gasteiger partial charge on any atom is 0.420 e. The van der Waals surface area contributed by atoms with Gasteiger partial charge in [-0.2, -0.15) is 22.6 Å². The predicted octanol–water partition coefficient (Wildman–Crippen LogP) is 2.90. The van der Waals surface area contributed by atoms with Gasteiger partial charge in [-0.15, -0.1) is 10.9 Å². The van der Waals surface area contributed by atoms with Crippen molar-refractivity contribution in [1.82, 2.24) is 24.1 Å². The molecule has 36 heavy (non-hydrogen) atoms. The van der Waals surface area contributed by atoms with Crippen molar-refractivity contribution in [3.8, 4) is 0 Å². The number of sulfonamides is 1. The molecule has 0 aromatic carbocycles. The molecule has 15 heteroatoms. The van der Waals surface area contributed by atoms with E-state index in [4.69, 9.17) is 0 Å². The fraction of sp³-hybridized carbons (Fsp3) is 0.524. The number of alkyl halides is 3. The van der Waals surface area contributed by atoms with Crippen LogP contribution in [-0.4, -0.2) is 67.4 Å². The largest absolute Gasteiger partial charge is 0.420 e. The van der Waals surface area contributed by atoms with E-state index in [-0.39, 0.29) is 41.4 Å². The van der Waals surface area contributed by atoms with E-state index in [1.807, 2.05) is 0 Å². The zero-order valence-electron chi connectivity index (χ0n) is 19.9. The number of aliphatic hydroxyl groups is 1. The number of nitrogens with one attached hydrogen (secondary N) is 1. The molecule has 1 fully saturated rings. The van der Waals surface area contributed by atoms with E-state index in [0.29, 0.717) is 17.9 Å². The topological polar surface area (TPSA) is 126 Å². The lowest BCUT2D eigenvalue weighted by molar-refractivity contribution is -0.140. The van der Waals surface area contributed by atoms with Crippen LogP contribution in [0.5, 0.6) is 0 Å². The summed E-state index contributed by atoms with van der Waals surface area (Å²) < 4.78 is 69.7. The van der Waals surface area contributed by atoms with Gasteiger partial charge in [0.25, 0.3) is 0 Å². The van der Waals surface area contributed by atoms with Gasteiger partial charge in [0.1, 0.15) is 15.5 Å². The fourth-order valence-electron chi connectivity index (χ4n) is 3.97. The summed E-state index contributed by atoms with van der Waals surface area (Å²) in [6.45, 7) is 3.61. The summed E-state index contributed by atoms with van der Waals surface area (Å²) in [6.07, 6.45) is 1.26. The Morgan fingerprint density at radius 2 is 1.92 bits per heavy atom. The van der Waals surface area contributed by atoms with Crippen molar-refractivity contribution in [2.45, 2.75) is 60.9 Å². The van der Waals surface area contributed by atoms with Gasteiger partial charge in [0.05, 0.1) is 16.8 Å². The molecule has 198 valence electrons. The molecular formula is C21H28F3N7O3S2. The van der Waals surface area contributed by atoms with Crippen LogP contribution in [0, 0.1) is 0 Å². The normalized spacial score (nSPS) is 21.1. The molecule has 1 atom stereocenters. The van der Waals surface area contributed by atoms with Crippen molar-refractivity contribution >= 4 is 31.9 Å². The Morgan fingerprint density at radius 3 is 2.50 bits per heavy atom. The minimum atomic E-state index is -4.65. The molecule has 4 rings (SSSR count). The SMILES string of the molecule is Cn1cc(S(=O)(=O)N2CCC(Nc3ncc(C(F)(F)F)c([SH]4C=CN=C4CC(C)(C)O)n3)CC2)cn1. The number of aryl methyl sites for hydroxylation is 1. The minimum Gasteiger partial charge on any atom is -0.390 e. The standard InChI is InChI=1S/C21H28F3N7O3S2/c1-20(2,32)10-17-25-6-9-35(17)18-16(21(22,23)24)12-26-19(29-18)28-14-4-7-31(8-5-14)36(33,34)15-11-27-30(3)13-15/h6,9,11-14,32,35H,4-5,7-8,10H2,1-3H3,(H,26,28,29). The van der Waals surface area contributed by atoms with Gasteiger partial charge in [0, 0.05) is 51.2 Å². The predicted molar refractivity (Wildman–Crippen MR) is 130 cm³/mol. The summed E-state index contributed by atoms with van der Waals surface area (Å²) in [5.41, 5.74) is -2.08. The van der Waals surface area contributed by atoms with Gasteiger partial charge in [-0.05, 0) is 32.1 Å². The molecule has 0 amide bonds. The van der Waals surface area contributed by atoms with Crippen LogP contribution in [0.3, 0.4) is 0 Å². The van der Waals surface area contributed by atoms with Gasteiger partial charge in [-0.1, -0.05) is 0 Å². The molecular weight excluding hydrogens is 519 g/mol. The van der Waals surface area contributed by atoms with Gasteiger partial charge in [-0.3, -0.25) is 9.67 Å².